The van der Waals surface area contributed by atoms with Gasteiger partial charge in [-0.1, -0.05) is 87.0 Å². The predicted molar refractivity (Wildman–Crippen MR) is 184 cm³/mol. The summed E-state index contributed by atoms with van der Waals surface area (Å²) in [6.07, 6.45) is 1.12. The normalized spacial score (nSPS) is 24.5. The molecule has 0 aliphatic carbocycles. The Kier molecular flexibility index (Phi) is 11.7. The van der Waals surface area contributed by atoms with Crippen LogP contribution in [0.2, 0.25) is 5.02 Å². The van der Waals surface area contributed by atoms with Crippen LogP contribution < -0.4 is 15.4 Å². The second-order valence-electron chi connectivity index (χ2n) is 12.7. The van der Waals surface area contributed by atoms with Crippen LogP contribution in [0.3, 0.4) is 0 Å². The van der Waals surface area contributed by atoms with E-state index in [1.54, 1.807) is 42.5 Å². The van der Waals surface area contributed by atoms with Crippen molar-refractivity contribution in [1.29, 1.82) is 0 Å². The highest BCUT2D eigenvalue weighted by Crippen LogP contribution is 2.45. The number of halogens is 1. The number of anilines is 1. The number of ether oxygens (including phenoxy) is 4. The molecule has 1 fully saturated rings. The van der Waals surface area contributed by atoms with Gasteiger partial charge < -0.3 is 29.6 Å². The fourth-order valence-electron chi connectivity index (χ4n) is 5.86. The van der Waals surface area contributed by atoms with Crippen LogP contribution in [0.1, 0.15) is 61.2 Å². The topological polar surface area (TPSA) is 133 Å². The van der Waals surface area contributed by atoms with E-state index in [0.717, 1.165) is 5.56 Å². The number of epoxide rings is 1. The molecule has 10 nitrogen and oxygen atoms in total. The highest BCUT2D eigenvalue weighted by Gasteiger charge is 2.47. The molecule has 0 bridgehead atoms. The lowest BCUT2D eigenvalue weighted by Crippen LogP contribution is -2.45. The lowest BCUT2D eigenvalue weighted by Gasteiger charge is -2.26. The van der Waals surface area contributed by atoms with E-state index in [1.807, 2.05) is 51.1 Å². The summed E-state index contributed by atoms with van der Waals surface area (Å²) >= 11 is 6.35. The third kappa shape index (κ3) is 9.28. The number of para-hydroxylation sites is 1. The van der Waals surface area contributed by atoms with Gasteiger partial charge in [0, 0.05) is 18.8 Å². The van der Waals surface area contributed by atoms with Crippen LogP contribution in [0.5, 0.6) is 5.75 Å². The van der Waals surface area contributed by atoms with E-state index in [1.165, 1.54) is 19.3 Å². The lowest BCUT2D eigenvalue weighted by atomic mass is 9.93. The summed E-state index contributed by atoms with van der Waals surface area (Å²) in [5.41, 5.74) is 1.89. The smallest absolute Gasteiger partial charge is 0.347 e. The lowest BCUT2D eigenvalue weighted by molar-refractivity contribution is -0.163. The fraction of sp³-hybridized carbons (Fsp3) is 0.368. The van der Waals surface area contributed by atoms with Crippen LogP contribution in [0, 0.1) is 11.8 Å². The molecule has 11 heteroatoms. The van der Waals surface area contributed by atoms with Gasteiger partial charge in [-0.25, -0.2) is 9.59 Å². The van der Waals surface area contributed by atoms with Crippen LogP contribution in [0.4, 0.5) is 5.69 Å². The minimum absolute atomic E-state index is 0.00759. The van der Waals surface area contributed by atoms with Crippen molar-refractivity contribution in [3.8, 4) is 5.75 Å². The Morgan fingerprint density at radius 1 is 0.939 bits per heavy atom. The van der Waals surface area contributed by atoms with E-state index in [2.05, 4.69) is 10.6 Å². The van der Waals surface area contributed by atoms with Gasteiger partial charge in [-0.2, -0.15) is 0 Å². The van der Waals surface area contributed by atoms with Gasteiger partial charge in [-0.15, -0.1) is 0 Å². The summed E-state index contributed by atoms with van der Waals surface area (Å²) < 4.78 is 23.1. The summed E-state index contributed by atoms with van der Waals surface area (Å²) in [5.74, 6) is -2.39. The molecule has 0 saturated carbocycles. The third-order valence-electron chi connectivity index (χ3n) is 8.55. The summed E-state index contributed by atoms with van der Waals surface area (Å²) in [6.45, 7) is 5.75. The monoisotopic (exact) mass is 688 g/mol. The van der Waals surface area contributed by atoms with Crippen molar-refractivity contribution in [2.75, 3.05) is 12.4 Å². The van der Waals surface area contributed by atoms with E-state index in [0.29, 0.717) is 16.3 Å². The number of esters is 2. The number of carbonyl (C=O) groups is 4. The number of nitrogens with one attached hydrogen (secondary N) is 2. The van der Waals surface area contributed by atoms with Gasteiger partial charge in [0.1, 0.15) is 24.0 Å². The zero-order valence-corrected chi connectivity index (χ0v) is 28.6. The molecule has 2 N–H and O–H groups in total. The molecule has 49 heavy (non-hydrogen) atoms. The predicted octanol–water partition coefficient (Wildman–Crippen LogP) is 6.23. The minimum Gasteiger partial charge on any atom is -0.495 e. The molecule has 0 spiro atoms. The number of amides is 2. The zero-order chi connectivity index (χ0) is 35.1. The molecule has 258 valence electrons. The highest BCUT2D eigenvalue weighted by molar-refractivity contribution is 6.32. The zero-order valence-electron chi connectivity index (χ0n) is 27.9. The highest BCUT2D eigenvalue weighted by atomic mass is 35.5. The molecule has 0 radical (unpaired) electrons. The largest absolute Gasteiger partial charge is 0.495 e. The second-order valence-corrected chi connectivity index (χ2v) is 13.1. The molecule has 5 rings (SSSR count). The van der Waals surface area contributed by atoms with Gasteiger partial charge in [0.15, 0.2) is 6.10 Å². The molecule has 3 aromatic rings. The third-order valence-corrected chi connectivity index (χ3v) is 8.85. The molecular weight excluding hydrogens is 648 g/mol. The van der Waals surface area contributed by atoms with Crippen LogP contribution in [-0.4, -0.2) is 55.2 Å². The van der Waals surface area contributed by atoms with Crippen molar-refractivity contribution in [1.82, 2.24) is 5.32 Å². The number of hydrogen-bond acceptors (Lipinski definition) is 8. The van der Waals surface area contributed by atoms with Crippen molar-refractivity contribution in [3.63, 3.8) is 0 Å². The number of carbonyl (C=O) groups excluding carboxylic acids is 4. The average molecular weight is 689 g/mol. The van der Waals surface area contributed by atoms with Crippen molar-refractivity contribution in [2.24, 2.45) is 11.8 Å². The molecule has 3 aromatic carbocycles. The maximum Gasteiger partial charge on any atom is 0.347 e. The first-order valence-electron chi connectivity index (χ1n) is 16.3. The molecule has 2 amide bonds. The maximum absolute atomic E-state index is 13.7. The molecule has 0 aromatic heterocycles. The average Bonchev–Trinajstić information content (AvgIpc) is 3.88. The van der Waals surface area contributed by atoms with E-state index in [4.69, 9.17) is 30.5 Å². The van der Waals surface area contributed by atoms with Crippen molar-refractivity contribution in [3.05, 3.63) is 107 Å². The Morgan fingerprint density at radius 2 is 1.67 bits per heavy atom. The summed E-state index contributed by atoms with van der Waals surface area (Å²) in [7, 11) is 1.50. The van der Waals surface area contributed by atoms with Gasteiger partial charge in [-0.3, -0.25) is 9.59 Å². The van der Waals surface area contributed by atoms with Crippen molar-refractivity contribution in [2.45, 2.75) is 70.5 Å². The van der Waals surface area contributed by atoms with E-state index in [9.17, 15) is 19.2 Å². The Bertz CT molecular complexity index is 1690. The summed E-state index contributed by atoms with van der Waals surface area (Å²) in [6, 6.07) is 20.1. The molecule has 0 unspecified atom stereocenters. The van der Waals surface area contributed by atoms with E-state index < -0.39 is 42.0 Å². The first-order valence-corrected chi connectivity index (χ1v) is 16.7. The molecular formula is C38H41ClN2O8. The number of cyclic esters (lactones) is 2. The van der Waals surface area contributed by atoms with Gasteiger partial charge in [-0.05, 0) is 53.8 Å². The Hall–Kier alpha value is -4.67. The summed E-state index contributed by atoms with van der Waals surface area (Å²) in [4.78, 5) is 54.2. The molecule has 2 aliphatic heterocycles. The van der Waals surface area contributed by atoms with Crippen molar-refractivity contribution < 1.29 is 38.1 Å². The number of methoxy groups -OCH3 is 1. The minimum atomic E-state index is -1.20. The quantitative estimate of drug-likeness (QED) is 0.210. The summed E-state index contributed by atoms with van der Waals surface area (Å²) in [5, 5.41) is 5.89. The maximum atomic E-state index is 13.7. The van der Waals surface area contributed by atoms with Gasteiger partial charge in [0.05, 0.1) is 29.5 Å². The van der Waals surface area contributed by atoms with Crippen molar-refractivity contribution >= 4 is 41.0 Å². The first-order chi connectivity index (χ1) is 23.5. The van der Waals surface area contributed by atoms with Crippen LogP contribution in [0.15, 0.2) is 84.9 Å². The Balaban J connectivity index is 1.46. The van der Waals surface area contributed by atoms with Crippen LogP contribution >= 0.6 is 11.6 Å². The molecule has 2 aliphatic rings. The van der Waals surface area contributed by atoms with Gasteiger partial charge >= 0.3 is 11.9 Å². The van der Waals surface area contributed by atoms with Crippen LogP contribution in [0.25, 0.3) is 0 Å². The van der Waals surface area contributed by atoms with Gasteiger partial charge in [0.25, 0.3) is 0 Å². The van der Waals surface area contributed by atoms with E-state index >= 15 is 0 Å². The van der Waals surface area contributed by atoms with E-state index in [-0.39, 0.29) is 54.6 Å². The first kappa shape index (κ1) is 35.6. The molecule has 6 atom stereocenters. The number of benzene rings is 3. The fourth-order valence-corrected chi connectivity index (χ4v) is 6.14. The molecule has 2 heterocycles. The standard InChI is InChI=1S/C38H41ClN2O8/c1-22(2)19-32-38(45)47-30(23(3)34-35(49-34)25-11-6-5-7-12-25)15-10-16-33(42)40-29(21-24-17-18-31(46-4)27(39)20-24)36(43)41-28-14-9-8-13-26(28)37(44)48-32/h5-14,16-18,20,22-23,29-30,32,34-35H,15,19,21H2,1-4H3,(H,40,42)(H,41,43)/b16-10+/t23-,29+,30-,32-,34+,35+/m0/s1. The second kappa shape index (κ2) is 16.2. The number of rotatable bonds is 8. The van der Waals surface area contributed by atoms with Gasteiger partial charge in [0.2, 0.25) is 11.8 Å². The Morgan fingerprint density at radius 3 is 2.39 bits per heavy atom. The SMILES string of the molecule is COc1ccc(C[C@H]2NC(=O)/C=C/C[C@@H]([C@H](C)[C@H]3O[C@@H]3c3ccccc3)OC(=O)[C@H](CC(C)C)OC(=O)c3ccccc3NC2=O)cc1Cl. The number of fused-ring (bicyclic) bond motifs is 1. The Labute approximate surface area is 291 Å². The number of hydrogen-bond donors (Lipinski definition) is 2. The van der Waals surface area contributed by atoms with Crippen LogP contribution in [-0.2, 0) is 35.0 Å². The molecule has 1 saturated heterocycles.